The van der Waals surface area contributed by atoms with Crippen molar-refractivity contribution < 1.29 is 23.5 Å². The molecule has 0 aliphatic rings. The molecule has 0 atom stereocenters. The van der Waals surface area contributed by atoms with E-state index in [0.29, 0.717) is 22.7 Å². The lowest BCUT2D eigenvalue weighted by atomic mass is 10.0. The Morgan fingerprint density at radius 2 is 1.82 bits per heavy atom. The molecule has 0 N–H and O–H groups in total. The highest BCUT2D eigenvalue weighted by atomic mass is 16.5. The quantitative estimate of drug-likeness (QED) is 0.497. The SMILES string of the molecule is Cc1c(OCc2ccc(C(=O)[O-])o2)ccc2c(-c3ccccc3)cc(=O)oc12. The molecular weight excluding hydrogens is 360 g/mol. The average Bonchev–Trinajstić information content (AvgIpc) is 3.17. The molecule has 0 amide bonds. The largest absolute Gasteiger partial charge is 0.542 e. The molecule has 6 heteroatoms. The van der Waals surface area contributed by atoms with Crippen LogP contribution in [0.5, 0.6) is 5.75 Å². The maximum atomic E-state index is 12.1. The predicted molar refractivity (Wildman–Crippen MR) is 100 cm³/mol. The minimum Gasteiger partial charge on any atom is -0.542 e. The molecule has 0 aliphatic heterocycles. The van der Waals surface area contributed by atoms with E-state index >= 15 is 0 Å². The summed E-state index contributed by atoms with van der Waals surface area (Å²) >= 11 is 0. The van der Waals surface area contributed by atoms with E-state index < -0.39 is 11.6 Å². The van der Waals surface area contributed by atoms with Crippen LogP contribution in [0, 0.1) is 6.92 Å². The summed E-state index contributed by atoms with van der Waals surface area (Å²) < 4.78 is 16.3. The lowest BCUT2D eigenvalue weighted by Crippen LogP contribution is -2.21. The third-order valence-corrected chi connectivity index (χ3v) is 4.43. The Morgan fingerprint density at radius 3 is 2.54 bits per heavy atom. The normalized spacial score (nSPS) is 10.9. The lowest BCUT2D eigenvalue weighted by molar-refractivity contribution is -0.257. The summed E-state index contributed by atoms with van der Waals surface area (Å²) in [5.41, 5.74) is 2.36. The molecule has 4 rings (SSSR count). The van der Waals surface area contributed by atoms with Crippen molar-refractivity contribution in [2.75, 3.05) is 0 Å². The second-order valence-electron chi connectivity index (χ2n) is 6.25. The van der Waals surface area contributed by atoms with Gasteiger partial charge in [0.2, 0.25) is 0 Å². The van der Waals surface area contributed by atoms with Gasteiger partial charge in [0.05, 0.1) is 0 Å². The summed E-state index contributed by atoms with van der Waals surface area (Å²) in [4.78, 5) is 22.9. The number of benzene rings is 2. The minimum absolute atomic E-state index is 0.0300. The number of carboxylic acids is 1. The van der Waals surface area contributed by atoms with Crippen LogP contribution in [0.15, 0.2) is 74.3 Å². The van der Waals surface area contributed by atoms with Gasteiger partial charge in [-0.1, -0.05) is 30.3 Å². The second-order valence-corrected chi connectivity index (χ2v) is 6.25. The Labute approximate surface area is 159 Å². The van der Waals surface area contributed by atoms with Crippen LogP contribution in [0.1, 0.15) is 21.9 Å². The maximum absolute atomic E-state index is 12.1. The van der Waals surface area contributed by atoms with Gasteiger partial charge in [-0.3, -0.25) is 0 Å². The Bertz CT molecular complexity index is 1220. The van der Waals surface area contributed by atoms with Crippen molar-refractivity contribution in [3.63, 3.8) is 0 Å². The van der Waals surface area contributed by atoms with Crippen LogP contribution < -0.4 is 15.5 Å². The molecule has 0 aliphatic carbocycles. The van der Waals surface area contributed by atoms with Crippen LogP contribution in [0.3, 0.4) is 0 Å². The standard InChI is InChI=1S/C22H16O6/c1-13-18(26-12-15-7-9-19(27-15)22(24)25)10-8-16-17(11-20(23)28-21(13)16)14-5-3-2-4-6-14/h2-11H,12H2,1H3,(H,24,25)/p-1. The zero-order chi connectivity index (χ0) is 19.7. The van der Waals surface area contributed by atoms with Crippen molar-refractivity contribution in [3.05, 3.63) is 88.2 Å². The molecule has 140 valence electrons. The van der Waals surface area contributed by atoms with Gasteiger partial charge >= 0.3 is 5.63 Å². The van der Waals surface area contributed by atoms with Crippen LogP contribution in [0.4, 0.5) is 0 Å². The third-order valence-electron chi connectivity index (χ3n) is 4.43. The molecule has 0 unspecified atom stereocenters. The third kappa shape index (κ3) is 3.27. The van der Waals surface area contributed by atoms with E-state index in [1.165, 1.54) is 18.2 Å². The zero-order valence-corrected chi connectivity index (χ0v) is 14.9. The van der Waals surface area contributed by atoms with E-state index in [2.05, 4.69) is 0 Å². The number of hydrogen-bond acceptors (Lipinski definition) is 6. The first-order valence-electron chi connectivity index (χ1n) is 8.58. The van der Waals surface area contributed by atoms with Crippen LogP contribution in [0.25, 0.3) is 22.1 Å². The Kier molecular flexibility index (Phi) is 4.45. The average molecular weight is 375 g/mol. The fourth-order valence-electron chi connectivity index (χ4n) is 3.07. The van der Waals surface area contributed by atoms with Crippen LogP contribution in [-0.4, -0.2) is 5.97 Å². The maximum Gasteiger partial charge on any atom is 0.336 e. The van der Waals surface area contributed by atoms with E-state index in [1.54, 1.807) is 13.0 Å². The number of ether oxygens (including phenoxy) is 1. The van der Waals surface area contributed by atoms with E-state index in [0.717, 1.165) is 16.5 Å². The summed E-state index contributed by atoms with van der Waals surface area (Å²) in [6.07, 6.45) is 0. The van der Waals surface area contributed by atoms with Crippen molar-refractivity contribution in [2.45, 2.75) is 13.5 Å². The number of fused-ring (bicyclic) bond motifs is 1. The van der Waals surface area contributed by atoms with Gasteiger partial charge in [-0.25, -0.2) is 4.79 Å². The van der Waals surface area contributed by atoms with Crippen molar-refractivity contribution in [1.82, 2.24) is 0 Å². The van der Waals surface area contributed by atoms with Crippen LogP contribution >= 0.6 is 0 Å². The first-order valence-corrected chi connectivity index (χ1v) is 8.58. The van der Waals surface area contributed by atoms with Crippen LogP contribution in [-0.2, 0) is 6.61 Å². The molecule has 2 aromatic heterocycles. The smallest absolute Gasteiger partial charge is 0.336 e. The van der Waals surface area contributed by atoms with E-state index in [4.69, 9.17) is 13.6 Å². The molecule has 4 aromatic rings. The van der Waals surface area contributed by atoms with Gasteiger partial charge < -0.3 is 23.5 Å². The monoisotopic (exact) mass is 375 g/mol. The van der Waals surface area contributed by atoms with E-state index in [9.17, 15) is 14.7 Å². The highest BCUT2D eigenvalue weighted by molar-refractivity contribution is 5.95. The summed E-state index contributed by atoms with van der Waals surface area (Å²) in [7, 11) is 0. The van der Waals surface area contributed by atoms with E-state index in [-0.39, 0.29) is 12.4 Å². The number of carbonyl (C=O) groups excluding carboxylic acids is 1. The molecule has 0 saturated carbocycles. The first-order chi connectivity index (χ1) is 13.5. The molecule has 0 radical (unpaired) electrons. The van der Waals surface area contributed by atoms with Crippen molar-refractivity contribution in [2.24, 2.45) is 0 Å². The van der Waals surface area contributed by atoms with Gasteiger partial charge in [0.15, 0.2) is 0 Å². The predicted octanol–water partition coefficient (Wildman–Crippen LogP) is 3.30. The molecule has 2 heterocycles. The van der Waals surface area contributed by atoms with Gasteiger partial charge in [0, 0.05) is 17.0 Å². The Morgan fingerprint density at radius 1 is 1.04 bits per heavy atom. The zero-order valence-electron chi connectivity index (χ0n) is 14.9. The first kappa shape index (κ1) is 17.6. The molecule has 0 saturated heterocycles. The fraction of sp³-hybridized carbons (Fsp3) is 0.0909. The molecule has 0 bridgehead atoms. The number of aryl methyl sites for hydroxylation is 1. The Balaban J connectivity index is 1.70. The van der Waals surface area contributed by atoms with Crippen molar-refractivity contribution in [1.29, 1.82) is 0 Å². The molecule has 6 nitrogen and oxygen atoms in total. The van der Waals surface area contributed by atoms with Gasteiger partial charge in [-0.2, -0.15) is 0 Å². The lowest BCUT2D eigenvalue weighted by Gasteiger charge is -2.12. The minimum atomic E-state index is -1.39. The summed E-state index contributed by atoms with van der Waals surface area (Å²) in [5, 5.41) is 11.6. The number of carbonyl (C=O) groups is 1. The number of aromatic carboxylic acids is 1. The topological polar surface area (TPSA) is 92.7 Å². The number of furan rings is 1. The van der Waals surface area contributed by atoms with Gasteiger partial charge in [0.1, 0.15) is 35.4 Å². The summed E-state index contributed by atoms with van der Waals surface area (Å²) in [5.74, 6) is -0.791. The molecular formula is C22H15O6-. The van der Waals surface area contributed by atoms with Gasteiger partial charge in [-0.05, 0) is 42.3 Å². The second kappa shape index (κ2) is 7.08. The van der Waals surface area contributed by atoms with Gasteiger partial charge in [0.25, 0.3) is 0 Å². The number of carboxylic acid groups (broad SMARTS) is 1. The van der Waals surface area contributed by atoms with Crippen molar-refractivity contribution in [3.8, 4) is 16.9 Å². The molecule has 0 spiro atoms. The highest BCUT2D eigenvalue weighted by Gasteiger charge is 2.14. The van der Waals surface area contributed by atoms with Crippen molar-refractivity contribution >= 4 is 16.9 Å². The van der Waals surface area contributed by atoms with Gasteiger partial charge in [-0.15, -0.1) is 0 Å². The van der Waals surface area contributed by atoms with E-state index in [1.807, 2.05) is 36.4 Å². The fourth-order valence-corrected chi connectivity index (χ4v) is 3.07. The summed E-state index contributed by atoms with van der Waals surface area (Å²) in [6, 6.07) is 17.5. The highest BCUT2D eigenvalue weighted by Crippen LogP contribution is 2.33. The summed E-state index contributed by atoms with van der Waals surface area (Å²) in [6.45, 7) is 1.83. The molecule has 2 aromatic carbocycles. The number of rotatable bonds is 5. The van der Waals surface area contributed by atoms with Crippen LogP contribution in [0.2, 0.25) is 0 Å². The number of hydrogen-bond donors (Lipinski definition) is 0. The molecule has 0 fully saturated rings. The Hall–Kier alpha value is -3.80. The molecule has 28 heavy (non-hydrogen) atoms.